The van der Waals surface area contributed by atoms with Crippen molar-refractivity contribution in [2.45, 2.75) is 38.5 Å². The minimum Gasteiger partial charge on any atom is -0.381 e. The second-order valence-electron chi connectivity index (χ2n) is 4.33. The highest BCUT2D eigenvalue weighted by Crippen LogP contribution is 2.23. The molecule has 2 rings (SSSR count). The molecular formula is C12H18O2. The summed E-state index contributed by atoms with van der Waals surface area (Å²) in [6.07, 6.45) is 8.48. The highest BCUT2D eigenvalue weighted by molar-refractivity contribution is 5.95. The zero-order valence-corrected chi connectivity index (χ0v) is 8.63. The minimum atomic E-state index is 0.375. The zero-order valence-electron chi connectivity index (χ0n) is 8.63. The predicted octanol–water partition coefficient (Wildman–Crippen LogP) is 2.48. The van der Waals surface area contributed by atoms with Crippen molar-refractivity contribution in [3.63, 3.8) is 0 Å². The number of carbonyl (C=O) groups is 1. The van der Waals surface area contributed by atoms with Crippen LogP contribution in [0.1, 0.15) is 38.5 Å². The summed E-state index contributed by atoms with van der Waals surface area (Å²) in [5, 5.41) is 0. The molecule has 1 saturated heterocycles. The molecule has 2 nitrogen and oxygen atoms in total. The second kappa shape index (κ2) is 4.74. The third-order valence-electron chi connectivity index (χ3n) is 3.15. The quantitative estimate of drug-likeness (QED) is 0.690. The van der Waals surface area contributed by atoms with Crippen LogP contribution in [-0.2, 0) is 9.53 Å². The van der Waals surface area contributed by atoms with Gasteiger partial charge in [0, 0.05) is 19.6 Å². The lowest BCUT2D eigenvalue weighted by molar-refractivity contribution is -0.116. The molecule has 1 aliphatic carbocycles. The molecule has 0 N–H and O–H groups in total. The van der Waals surface area contributed by atoms with E-state index in [9.17, 15) is 4.79 Å². The van der Waals surface area contributed by atoms with Crippen LogP contribution in [0.25, 0.3) is 0 Å². The number of allylic oxidation sites excluding steroid dienone is 2. The van der Waals surface area contributed by atoms with Crippen LogP contribution in [0.3, 0.4) is 0 Å². The van der Waals surface area contributed by atoms with Crippen molar-refractivity contribution in [1.29, 1.82) is 0 Å². The number of ether oxygens (including phenoxy) is 1. The average molecular weight is 194 g/mol. The number of Topliss-reactive ketones (excluding diaryl/α,β-unsaturated/α-hetero) is 1. The summed E-state index contributed by atoms with van der Waals surface area (Å²) >= 11 is 0. The van der Waals surface area contributed by atoms with Crippen LogP contribution in [-0.4, -0.2) is 19.0 Å². The number of rotatable bonds is 3. The first kappa shape index (κ1) is 9.91. The Morgan fingerprint density at radius 3 is 3.07 bits per heavy atom. The molecule has 1 fully saturated rings. The van der Waals surface area contributed by atoms with E-state index in [-0.39, 0.29) is 0 Å². The van der Waals surface area contributed by atoms with Crippen LogP contribution in [0, 0.1) is 5.92 Å². The van der Waals surface area contributed by atoms with Crippen LogP contribution in [0.4, 0.5) is 0 Å². The summed E-state index contributed by atoms with van der Waals surface area (Å²) in [5.41, 5.74) is 1.09. The molecule has 14 heavy (non-hydrogen) atoms. The third kappa shape index (κ3) is 2.44. The molecule has 1 heterocycles. The van der Waals surface area contributed by atoms with E-state index < -0.39 is 0 Å². The summed E-state index contributed by atoms with van der Waals surface area (Å²) in [6, 6.07) is 0. The largest absolute Gasteiger partial charge is 0.381 e. The van der Waals surface area contributed by atoms with Crippen molar-refractivity contribution in [3.05, 3.63) is 11.6 Å². The van der Waals surface area contributed by atoms with Gasteiger partial charge in [-0.05, 0) is 43.6 Å². The fraction of sp³-hybridized carbons (Fsp3) is 0.750. The van der Waals surface area contributed by atoms with Crippen LogP contribution in [0.2, 0.25) is 0 Å². The number of carbonyl (C=O) groups excluding carboxylic acids is 1. The Morgan fingerprint density at radius 2 is 2.43 bits per heavy atom. The normalized spacial score (nSPS) is 27.4. The summed E-state index contributed by atoms with van der Waals surface area (Å²) < 4.78 is 5.27. The van der Waals surface area contributed by atoms with E-state index in [2.05, 4.69) is 6.08 Å². The lowest BCUT2D eigenvalue weighted by Crippen LogP contribution is -2.12. The van der Waals surface area contributed by atoms with Gasteiger partial charge in [-0.15, -0.1) is 0 Å². The van der Waals surface area contributed by atoms with Crippen molar-refractivity contribution in [1.82, 2.24) is 0 Å². The van der Waals surface area contributed by atoms with E-state index in [0.29, 0.717) is 18.1 Å². The molecule has 1 unspecified atom stereocenters. The molecule has 0 radical (unpaired) electrons. The molecule has 0 bridgehead atoms. The maximum atomic E-state index is 11.8. The van der Waals surface area contributed by atoms with Crippen LogP contribution in [0.5, 0.6) is 0 Å². The number of hydrogen-bond donors (Lipinski definition) is 0. The molecule has 1 atom stereocenters. The lowest BCUT2D eigenvalue weighted by Gasteiger charge is -2.13. The first-order valence-electron chi connectivity index (χ1n) is 5.66. The first-order chi connectivity index (χ1) is 6.86. The molecule has 2 aliphatic rings. The third-order valence-corrected chi connectivity index (χ3v) is 3.15. The van der Waals surface area contributed by atoms with Gasteiger partial charge in [0.05, 0.1) is 0 Å². The molecule has 0 aromatic rings. The fourth-order valence-corrected chi connectivity index (χ4v) is 2.23. The SMILES string of the molecule is O=C(CC1CCOC1)C1=CCCCC1. The Labute approximate surface area is 85.3 Å². The van der Waals surface area contributed by atoms with Crippen molar-refractivity contribution in [3.8, 4) is 0 Å². The molecule has 78 valence electrons. The second-order valence-corrected chi connectivity index (χ2v) is 4.33. The molecule has 2 heteroatoms. The van der Waals surface area contributed by atoms with Crippen molar-refractivity contribution < 1.29 is 9.53 Å². The van der Waals surface area contributed by atoms with Crippen molar-refractivity contribution in [2.75, 3.05) is 13.2 Å². The van der Waals surface area contributed by atoms with Crippen molar-refractivity contribution in [2.24, 2.45) is 5.92 Å². The molecular weight excluding hydrogens is 176 g/mol. The van der Waals surface area contributed by atoms with Crippen molar-refractivity contribution >= 4 is 5.78 Å². The topological polar surface area (TPSA) is 26.3 Å². The van der Waals surface area contributed by atoms with Gasteiger partial charge >= 0.3 is 0 Å². The van der Waals surface area contributed by atoms with Gasteiger partial charge in [0.25, 0.3) is 0 Å². The Bertz CT molecular complexity index is 237. The van der Waals surface area contributed by atoms with Gasteiger partial charge in [0.15, 0.2) is 5.78 Å². The van der Waals surface area contributed by atoms with E-state index in [1.54, 1.807) is 0 Å². The lowest BCUT2D eigenvalue weighted by atomic mass is 9.91. The maximum absolute atomic E-state index is 11.8. The van der Waals surface area contributed by atoms with E-state index >= 15 is 0 Å². The van der Waals surface area contributed by atoms with Gasteiger partial charge in [0.1, 0.15) is 0 Å². The molecule has 1 aliphatic heterocycles. The van der Waals surface area contributed by atoms with Gasteiger partial charge in [-0.25, -0.2) is 0 Å². The Balaban J connectivity index is 1.84. The van der Waals surface area contributed by atoms with Crippen LogP contribution < -0.4 is 0 Å². The van der Waals surface area contributed by atoms with E-state index in [0.717, 1.165) is 38.0 Å². The monoisotopic (exact) mass is 194 g/mol. The Morgan fingerprint density at radius 1 is 1.50 bits per heavy atom. The highest BCUT2D eigenvalue weighted by Gasteiger charge is 2.21. The van der Waals surface area contributed by atoms with E-state index in [1.165, 1.54) is 12.8 Å². The smallest absolute Gasteiger partial charge is 0.158 e. The van der Waals surface area contributed by atoms with Crippen LogP contribution in [0.15, 0.2) is 11.6 Å². The first-order valence-corrected chi connectivity index (χ1v) is 5.66. The minimum absolute atomic E-state index is 0.375. The zero-order chi connectivity index (χ0) is 9.80. The van der Waals surface area contributed by atoms with Gasteiger partial charge in [0.2, 0.25) is 0 Å². The molecule has 0 spiro atoms. The number of hydrogen-bond acceptors (Lipinski definition) is 2. The van der Waals surface area contributed by atoms with Gasteiger partial charge in [-0.3, -0.25) is 4.79 Å². The number of ketones is 1. The summed E-state index contributed by atoms with van der Waals surface area (Å²) in [6.45, 7) is 1.63. The molecule has 0 aromatic carbocycles. The highest BCUT2D eigenvalue weighted by atomic mass is 16.5. The average Bonchev–Trinajstić information content (AvgIpc) is 2.72. The summed E-state index contributed by atoms with van der Waals surface area (Å²) in [7, 11) is 0. The predicted molar refractivity (Wildman–Crippen MR) is 55.1 cm³/mol. The van der Waals surface area contributed by atoms with E-state index in [1.807, 2.05) is 0 Å². The van der Waals surface area contributed by atoms with Crippen LogP contribution >= 0.6 is 0 Å². The standard InChI is InChI=1S/C12H18O2/c13-12(8-10-6-7-14-9-10)11-4-2-1-3-5-11/h4,10H,1-3,5-9H2. The maximum Gasteiger partial charge on any atom is 0.158 e. The Kier molecular flexibility index (Phi) is 3.35. The van der Waals surface area contributed by atoms with Gasteiger partial charge < -0.3 is 4.74 Å². The molecule has 0 aromatic heterocycles. The molecule has 0 amide bonds. The summed E-state index contributed by atoms with van der Waals surface area (Å²) in [5.74, 6) is 0.866. The summed E-state index contributed by atoms with van der Waals surface area (Å²) in [4.78, 5) is 11.8. The Hall–Kier alpha value is -0.630. The fourth-order valence-electron chi connectivity index (χ4n) is 2.23. The van der Waals surface area contributed by atoms with Gasteiger partial charge in [-0.2, -0.15) is 0 Å². The molecule has 0 saturated carbocycles. The van der Waals surface area contributed by atoms with E-state index in [4.69, 9.17) is 4.74 Å². The van der Waals surface area contributed by atoms with Gasteiger partial charge in [-0.1, -0.05) is 6.08 Å².